The van der Waals surface area contributed by atoms with Crippen LogP contribution in [0.3, 0.4) is 0 Å². The van der Waals surface area contributed by atoms with Crippen molar-refractivity contribution in [3.8, 4) is 0 Å². The van der Waals surface area contributed by atoms with Gasteiger partial charge in [-0.05, 0) is 23.1 Å². The maximum atomic E-state index is 12.3. The molecule has 0 unspecified atom stereocenters. The Morgan fingerprint density at radius 3 is 2.86 bits per heavy atom. The van der Waals surface area contributed by atoms with Crippen molar-refractivity contribution in [2.75, 3.05) is 18.4 Å². The van der Waals surface area contributed by atoms with Gasteiger partial charge in [-0.1, -0.05) is 35.9 Å². The summed E-state index contributed by atoms with van der Waals surface area (Å²) in [4.78, 5) is 32.9. The first-order valence-corrected chi connectivity index (χ1v) is 11.2. The first-order valence-electron chi connectivity index (χ1n) is 9.14. The highest BCUT2D eigenvalue weighted by Crippen LogP contribution is 2.28. The summed E-state index contributed by atoms with van der Waals surface area (Å²) in [6.45, 7) is 2.14. The normalized spacial score (nSPS) is 13.7. The van der Waals surface area contributed by atoms with Gasteiger partial charge in [0.15, 0.2) is 5.13 Å². The lowest BCUT2D eigenvalue weighted by Crippen LogP contribution is -2.39. The second-order valence-corrected chi connectivity index (χ2v) is 9.09. The molecule has 1 aromatic carbocycles. The van der Waals surface area contributed by atoms with Gasteiger partial charge >= 0.3 is 0 Å². The van der Waals surface area contributed by atoms with Gasteiger partial charge in [0.2, 0.25) is 5.91 Å². The second-order valence-electron chi connectivity index (χ2n) is 6.65. The van der Waals surface area contributed by atoms with Gasteiger partial charge in [0.1, 0.15) is 0 Å². The van der Waals surface area contributed by atoms with Gasteiger partial charge in [-0.2, -0.15) is 0 Å². The Morgan fingerprint density at radius 1 is 1.21 bits per heavy atom. The number of aromatic nitrogens is 1. The number of amides is 2. The summed E-state index contributed by atoms with van der Waals surface area (Å²) in [5.41, 5.74) is 1.90. The molecule has 0 radical (unpaired) electrons. The molecule has 29 heavy (non-hydrogen) atoms. The number of hydrogen-bond donors (Lipinski definition) is 2. The summed E-state index contributed by atoms with van der Waals surface area (Å²) >= 11 is 9.00. The third-order valence-electron chi connectivity index (χ3n) is 4.58. The molecule has 2 N–H and O–H groups in total. The van der Waals surface area contributed by atoms with E-state index >= 15 is 0 Å². The van der Waals surface area contributed by atoms with E-state index in [4.69, 9.17) is 11.6 Å². The molecule has 1 aliphatic heterocycles. The van der Waals surface area contributed by atoms with Crippen LogP contribution in [0.4, 0.5) is 5.13 Å². The van der Waals surface area contributed by atoms with Crippen LogP contribution in [0.5, 0.6) is 0 Å². The molecule has 0 saturated heterocycles. The van der Waals surface area contributed by atoms with Crippen molar-refractivity contribution in [3.05, 3.63) is 67.8 Å². The number of carbonyl (C=O) groups excluding carboxylic acids is 2. The summed E-state index contributed by atoms with van der Waals surface area (Å²) < 4.78 is 0. The zero-order valence-electron chi connectivity index (χ0n) is 15.5. The third-order valence-corrected chi connectivity index (χ3v) is 6.81. The minimum atomic E-state index is -0.137. The largest absolute Gasteiger partial charge is 0.351 e. The van der Waals surface area contributed by atoms with Crippen molar-refractivity contribution in [1.29, 1.82) is 0 Å². The Bertz CT molecular complexity index is 1020. The summed E-state index contributed by atoms with van der Waals surface area (Å²) in [5, 5.41) is 8.93. The standard InChI is InChI=1S/C20H19ClN4O2S2/c21-14-5-2-1-4-13(14)10-22-18(26)12-25-8-7-15-17(11-25)29-20(23-15)24-19(27)16-6-3-9-28-16/h1-6,9H,7-8,10-12H2,(H,22,26)(H,23,24,27). The van der Waals surface area contributed by atoms with Crippen molar-refractivity contribution in [2.45, 2.75) is 19.5 Å². The molecule has 0 spiro atoms. The van der Waals surface area contributed by atoms with Gasteiger partial charge in [-0.3, -0.25) is 19.8 Å². The van der Waals surface area contributed by atoms with Gasteiger partial charge < -0.3 is 5.32 Å². The topological polar surface area (TPSA) is 74.3 Å². The Balaban J connectivity index is 1.30. The molecule has 3 aromatic rings. The van der Waals surface area contributed by atoms with Crippen LogP contribution >= 0.6 is 34.3 Å². The number of anilines is 1. The van der Waals surface area contributed by atoms with Gasteiger partial charge in [0.05, 0.1) is 17.1 Å². The molecule has 0 saturated carbocycles. The predicted octanol–water partition coefficient (Wildman–Crippen LogP) is 3.78. The minimum Gasteiger partial charge on any atom is -0.351 e. The predicted molar refractivity (Wildman–Crippen MR) is 117 cm³/mol. The zero-order chi connectivity index (χ0) is 20.2. The van der Waals surface area contributed by atoms with Crippen molar-refractivity contribution in [1.82, 2.24) is 15.2 Å². The molecule has 1 aliphatic rings. The van der Waals surface area contributed by atoms with Crippen molar-refractivity contribution < 1.29 is 9.59 Å². The molecule has 2 aromatic heterocycles. The molecule has 9 heteroatoms. The van der Waals surface area contributed by atoms with Gasteiger partial charge in [0, 0.05) is 36.0 Å². The molecule has 0 fully saturated rings. The molecule has 0 aliphatic carbocycles. The number of fused-ring (bicyclic) bond motifs is 1. The fourth-order valence-electron chi connectivity index (χ4n) is 3.10. The van der Waals surface area contributed by atoms with Crippen LogP contribution in [-0.2, 0) is 24.3 Å². The number of nitrogens with zero attached hydrogens (tertiary/aromatic N) is 2. The van der Waals surface area contributed by atoms with E-state index in [9.17, 15) is 9.59 Å². The van der Waals surface area contributed by atoms with Crippen LogP contribution < -0.4 is 10.6 Å². The number of nitrogens with one attached hydrogen (secondary N) is 2. The maximum Gasteiger partial charge on any atom is 0.267 e. The molecular formula is C20H19ClN4O2S2. The SMILES string of the molecule is O=C(CN1CCc2nc(NC(=O)c3cccs3)sc2C1)NCc1ccccc1Cl. The zero-order valence-corrected chi connectivity index (χ0v) is 17.9. The van der Waals surface area contributed by atoms with Gasteiger partial charge in [0.25, 0.3) is 5.91 Å². The average molecular weight is 447 g/mol. The van der Waals surface area contributed by atoms with Gasteiger partial charge in [-0.25, -0.2) is 4.98 Å². The Labute approximate surface area is 181 Å². The molecule has 6 nitrogen and oxygen atoms in total. The van der Waals surface area contributed by atoms with Crippen molar-refractivity contribution in [3.63, 3.8) is 0 Å². The lowest BCUT2D eigenvalue weighted by atomic mass is 10.2. The van der Waals surface area contributed by atoms with Crippen molar-refractivity contribution in [2.24, 2.45) is 0 Å². The average Bonchev–Trinajstić information content (AvgIpc) is 3.36. The fraction of sp³-hybridized carbons (Fsp3) is 0.250. The van der Waals surface area contributed by atoms with Crippen LogP contribution in [0.2, 0.25) is 5.02 Å². The maximum absolute atomic E-state index is 12.3. The second kappa shape index (κ2) is 9.04. The summed E-state index contributed by atoms with van der Waals surface area (Å²) in [7, 11) is 0. The molecule has 0 atom stereocenters. The fourth-order valence-corrected chi connectivity index (χ4v) is 4.96. The number of hydrogen-bond acceptors (Lipinski definition) is 6. The van der Waals surface area contributed by atoms with Crippen LogP contribution in [0.25, 0.3) is 0 Å². The number of rotatable bonds is 6. The molecular weight excluding hydrogens is 428 g/mol. The number of benzene rings is 1. The van der Waals surface area contributed by atoms with Crippen LogP contribution in [0.15, 0.2) is 41.8 Å². The van der Waals surface area contributed by atoms with Crippen molar-refractivity contribution >= 4 is 51.2 Å². The third kappa shape index (κ3) is 5.02. The lowest BCUT2D eigenvalue weighted by molar-refractivity contribution is -0.122. The van der Waals surface area contributed by atoms with E-state index in [2.05, 4.69) is 20.5 Å². The number of thiazole rings is 1. The molecule has 150 valence electrons. The van der Waals surface area contributed by atoms with Crippen LogP contribution in [0.1, 0.15) is 25.8 Å². The highest BCUT2D eigenvalue weighted by molar-refractivity contribution is 7.16. The summed E-state index contributed by atoms with van der Waals surface area (Å²) in [6.07, 6.45) is 0.762. The van der Waals surface area contributed by atoms with Gasteiger partial charge in [-0.15, -0.1) is 22.7 Å². The minimum absolute atomic E-state index is 0.0379. The highest BCUT2D eigenvalue weighted by Gasteiger charge is 2.23. The lowest BCUT2D eigenvalue weighted by Gasteiger charge is -2.25. The smallest absolute Gasteiger partial charge is 0.267 e. The Hall–Kier alpha value is -2.26. The summed E-state index contributed by atoms with van der Waals surface area (Å²) in [5.74, 6) is -0.175. The highest BCUT2D eigenvalue weighted by atomic mass is 35.5. The molecule has 3 heterocycles. The first kappa shape index (κ1) is 20.0. The molecule has 2 amide bonds. The van der Waals surface area contributed by atoms with Crippen LogP contribution in [0, 0.1) is 0 Å². The first-order chi connectivity index (χ1) is 14.1. The monoisotopic (exact) mass is 446 g/mol. The van der Waals surface area contributed by atoms with E-state index in [-0.39, 0.29) is 11.8 Å². The quantitative estimate of drug-likeness (QED) is 0.604. The number of carbonyl (C=O) groups is 2. The number of halogens is 1. The molecule has 0 bridgehead atoms. The van der Waals surface area contributed by atoms with E-state index in [1.54, 1.807) is 6.07 Å². The Kier molecular flexibility index (Phi) is 6.25. The van der Waals surface area contributed by atoms with E-state index < -0.39 is 0 Å². The van der Waals surface area contributed by atoms with E-state index in [1.165, 1.54) is 22.7 Å². The van der Waals surface area contributed by atoms with Crippen LogP contribution in [-0.4, -0.2) is 34.8 Å². The Morgan fingerprint density at radius 2 is 2.07 bits per heavy atom. The summed E-state index contributed by atoms with van der Waals surface area (Å²) in [6, 6.07) is 11.1. The van der Waals surface area contributed by atoms with E-state index in [1.807, 2.05) is 35.7 Å². The molecule has 4 rings (SSSR count). The van der Waals surface area contributed by atoms with E-state index in [0.717, 1.165) is 29.1 Å². The number of thiophene rings is 1. The van der Waals surface area contributed by atoms with E-state index in [0.29, 0.717) is 34.7 Å².